The lowest BCUT2D eigenvalue weighted by atomic mass is 9.94. The van der Waals surface area contributed by atoms with Crippen LogP contribution in [0.2, 0.25) is 0 Å². The number of esters is 1. The fourth-order valence-corrected chi connectivity index (χ4v) is 5.54. The molecule has 2 heterocycles. The molecule has 0 aromatic rings. The van der Waals surface area contributed by atoms with Crippen LogP contribution in [-0.4, -0.2) is 125 Å². The van der Waals surface area contributed by atoms with Gasteiger partial charge in [-0.3, -0.25) is 28.8 Å². The average Bonchev–Trinajstić information content (AvgIpc) is 3.46. The van der Waals surface area contributed by atoms with Crippen LogP contribution in [0.15, 0.2) is 0 Å². The van der Waals surface area contributed by atoms with Gasteiger partial charge in [0.2, 0.25) is 23.6 Å². The van der Waals surface area contributed by atoms with Gasteiger partial charge in [0.1, 0.15) is 24.2 Å². The Bertz CT molecular complexity index is 1040. The second-order valence-electron chi connectivity index (χ2n) is 11.9. The van der Waals surface area contributed by atoms with Crippen LogP contribution in [0.25, 0.3) is 0 Å². The van der Waals surface area contributed by atoms with Crippen LogP contribution in [0.5, 0.6) is 0 Å². The Morgan fingerprint density at radius 1 is 1.00 bits per heavy atom. The zero-order chi connectivity index (χ0) is 32.6. The quantitative estimate of drug-likeness (QED) is 0.278. The molecule has 244 valence electrons. The standard InChI is InChI=1S/C29H48ClN5O8/c1-8-17(4)23-28(41)34(7)24(16(2)3)29(42)33(6)18(5)25(38)31-12-11-22(37)43-21(14-19(36)15-30)27(40)35-13-9-10-20(35)26(39)32-23/h16-21,23-24,36H,8-15H2,1-7H3,(H,31,38)(H,32,39)/t17?,18-,19?,20-,21+,23-,24-/m0/s1. The first-order valence-corrected chi connectivity index (χ1v) is 15.5. The molecule has 7 atom stereocenters. The monoisotopic (exact) mass is 629 g/mol. The third kappa shape index (κ3) is 9.04. The van der Waals surface area contributed by atoms with Gasteiger partial charge >= 0.3 is 5.97 Å². The zero-order valence-corrected chi connectivity index (χ0v) is 27.1. The average molecular weight is 630 g/mol. The molecule has 2 fully saturated rings. The first-order chi connectivity index (χ1) is 20.2. The van der Waals surface area contributed by atoms with Gasteiger partial charge in [0.15, 0.2) is 6.10 Å². The highest BCUT2D eigenvalue weighted by molar-refractivity contribution is 6.18. The summed E-state index contributed by atoms with van der Waals surface area (Å²) in [7, 11) is 2.98. The van der Waals surface area contributed by atoms with E-state index in [1.165, 1.54) is 35.7 Å². The number of hydrogen-bond donors (Lipinski definition) is 3. The maximum absolute atomic E-state index is 13.9. The van der Waals surface area contributed by atoms with Crippen molar-refractivity contribution in [1.29, 1.82) is 0 Å². The Balaban J connectivity index is 2.54. The van der Waals surface area contributed by atoms with Crippen molar-refractivity contribution in [2.45, 2.75) is 103 Å². The molecule has 2 unspecified atom stereocenters. The van der Waals surface area contributed by atoms with E-state index in [1.54, 1.807) is 13.8 Å². The summed E-state index contributed by atoms with van der Waals surface area (Å²) < 4.78 is 5.44. The van der Waals surface area contributed by atoms with Crippen molar-refractivity contribution in [3.63, 3.8) is 0 Å². The van der Waals surface area contributed by atoms with Crippen molar-refractivity contribution < 1.29 is 38.6 Å². The lowest BCUT2D eigenvalue weighted by molar-refractivity contribution is -0.163. The highest BCUT2D eigenvalue weighted by atomic mass is 35.5. The summed E-state index contributed by atoms with van der Waals surface area (Å²) in [6, 6.07) is -3.77. The number of fused-ring (bicyclic) bond motifs is 1. The van der Waals surface area contributed by atoms with Crippen LogP contribution >= 0.6 is 11.6 Å². The number of alkyl halides is 1. The number of amides is 5. The number of aliphatic hydroxyl groups is 1. The van der Waals surface area contributed by atoms with E-state index in [4.69, 9.17) is 16.3 Å². The highest BCUT2D eigenvalue weighted by Gasteiger charge is 2.43. The number of likely N-dealkylation sites (N-methyl/N-ethyl adjacent to an activating group) is 2. The summed E-state index contributed by atoms with van der Waals surface area (Å²) in [5.41, 5.74) is 0. The largest absolute Gasteiger partial charge is 0.452 e. The second kappa shape index (κ2) is 16.2. The Morgan fingerprint density at radius 3 is 2.23 bits per heavy atom. The number of aliphatic hydroxyl groups excluding tert-OH is 1. The summed E-state index contributed by atoms with van der Waals surface area (Å²) in [6.07, 6.45) is -1.72. The first-order valence-electron chi connectivity index (χ1n) is 15.0. The molecule has 5 amide bonds. The van der Waals surface area contributed by atoms with Crippen molar-refractivity contribution in [1.82, 2.24) is 25.3 Å². The fraction of sp³-hybridized carbons (Fsp3) is 0.793. The van der Waals surface area contributed by atoms with Crippen molar-refractivity contribution in [3.8, 4) is 0 Å². The molecule has 0 bridgehead atoms. The van der Waals surface area contributed by atoms with Crippen molar-refractivity contribution in [2.24, 2.45) is 11.8 Å². The van der Waals surface area contributed by atoms with Crippen molar-refractivity contribution in [2.75, 3.05) is 33.1 Å². The Morgan fingerprint density at radius 2 is 1.65 bits per heavy atom. The molecule has 2 aliphatic rings. The smallest absolute Gasteiger partial charge is 0.308 e. The number of carbonyl (C=O) groups is 6. The molecular weight excluding hydrogens is 582 g/mol. The van der Waals surface area contributed by atoms with Crippen LogP contribution in [0.4, 0.5) is 0 Å². The summed E-state index contributed by atoms with van der Waals surface area (Å²) in [5.74, 6) is -4.24. The van der Waals surface area contributed by atoms with Gasteiger partial charge in [0.25, 0.3) is 5.91 Å². The van der Waals surface area contributed by atoms with E-state index in [0.29, 0.717) is 19.3 Å². The van der Waals surface area contributed by atoms with E-state index in [2.05, 4.69) is 10.6 Å². The minimum atomic E-state index is -1.40. The van der Waals surface area contributed by atoms with E-state index >= 15 is 0 Å². The number of carbonyl (C=O) groups excluding carboxylic acids is 6. The first kappa shape index (κ1) is 36.3. The molecule has 0 saturated carbocycles. The molecule has 3 N–H and O–H groups in total. The SMILES string of the molecule is CCC(C)[C@@H]1NC(=O)[C@@H]2CCCN2C(=O)[C@@H](CC(O)CCl)OC(=O)CCNC(=O)[C@H](C)N(C)C(=O)[C@H](C(C)C)N(C)C1=O. The maximum Gasteiger partial charge on any atom is 0.308 e. The van der Waals surface area contributed by atoms with Gasteiger partial charge in [-0.2, -0.15) is 0 Å². The summed E-state index contributed by atoms with van der Waals surface area (Å²) in [5, 5.41) is 15.6. The van der Waals surface area contributed by atoms with E-state index in [0.717, 1.165) is 0 Å². The van der Waals surface area contributed by atoms with Crippen molar-refractivity contribution >= 4 is 47.1 Å². The Labute approximate surface area is 259 Å². The lowest BCUT2D eigenvalue weighted by Gasteiger charge is -2.38. The van der Waals surface area contributed by atoms with E-state index in [-0.39, 0.29) is 43.6 Å². The predicted molar refractivity (Wildman–Crippen MR) is 159 cm³/mol. The molecule has 0 aliphatic carbocycles. The molecule has 43 heavy (non-hydrogen) atoms. The number of hydrogen-bond acceptors (Lipinski definition) is 8. The predicted octanol–water partition coefficient (Wildman–Crippen LogP) is 0.260. The van der Waals surface area contributed by atoms with Gasteiger partial charge in [-0.1, -0.05) is 34.1 Å². The molecule has 2 saturated heterocycles. The summed E-state index contributed by atoms with van der Waals surface area (Å²) in [6.45, 7) is 8.91. The molecule has 0 radical (unpaired) electrons. The molecule has 2 rings (SSSR count). The Kier molecular flexibility index (Phi) is 13.7. The van der Waals surface area contributed by atoms with Crippen LogP contribution in [0.3, 0.4) is 0 Å². The normalized spacial score (nSPS) is 28.9. The molecule has 13 nitrogen and oxygen atoms in total. The number of halogens is 1. The fourth-order valence-electron chi connectivity index (χ4n) is 5.41. The van der Waals surface area contributed by atoms with Crippen LogP contribution in [0, 0.1) is 11.8 Å². The van der Waals surface area contributed by atoms with Crippen LogP contribution in [-0.2, 0) is 33.5 Å². The number of nitrogens with one attached hydrogen (secondary N) is 2. The molecule has 14 heteroatoms. The number of ether oxygens (including phenoxy) is 1. The van der Waals surface area contributed by atoms with E-state index in [9.17, 15) is 33.9 Å². The van der Waals surface area contributed by atoms with Gasteiger partial charge in [-0.25, -0.2) is 0 Å². The van der Waals surface area contributed by atoms with Crippen LogP contribution < -0.4 is 10.6 Å². The van der Waals surface area contributed by atoms with E-state index < -0.39 is 71.9 Å². The van der Waals surface area contributed by atoms with Gasteiger partial charge in [0, 0.05) is 39.5 Å². The highest BCUT2D eigenvalue weighted by Crippen LogP contribution is 2.23. The molecule has 0 aromatic heterocycles. The lowest BCUT2D eigenvalue weighted by Crippen LogP contribution is -2.60. The topological polar surface area (TPSA) is 166 Å². The maximum atomic E-state index is 13.9. The van der Waals surface area contributed by atoms with Crippen LogP contribution in [0.1, 0.15) is 66.7 Å². The summed E-state index contributed by atoms with van der Waals surface area (Å²) >= 11 is 5.76. The van der Waals surface area contributed by atoms with Gasteiger partial charge in [-0.05, 0) is 31.6 Å². The number of cyclic esters (lactones) is 1. The Hall–Kier alpha value is -2.93. The van der Waals surface area contributed by atoms with E-state index in [1.807, 2.05) is 13.8 Å². The second-order valence-corrected chi connectivity index (χ2v) is 12.2. The number of nitrogens with zero attached hydrogens (tertiary/aromatic N) is 3. The molecule has 0 spiro atoms. The third-order valence-electron chi connectivity index (χ3n) is 8.41. The molecule has 2 aliphatic heterocycles. The zero-order valence-electron chi connectivity index (χ0n) is 26.3. The minimum absolute atomic E-state index is 0.125. The van der Waals surface area contributed by atoms with Gasteiger partial charge < -0.3 is 35.2 Å². The molecular formula is C29H48ClN5O8. The van der Waals surface area contributed by atoms with Gasteiger partial charge in [0.05, 0.1) is 12.5 Å². The third-order valence-corrected chi connectivity index (χ3v) is 8.77. The molecule has 0 aromatic carbocycles. The van der Waals surface area contributed by atoms with Gasteiger partial charge in [-0.15, -0.1) is 11.6 Å². The number of rotatable bonds is 6. The summed E-state index contributed by atoms with van der Waals surface area (Å²) in [4.78, 5) is 84.3. The van der Waals surface area contributed by atoms with Crippen molar-refractivity contribution in [3.05, 3.63) is 0 Å². The minimum Gasteiger partial charge on any atom is -0.452 e.